The molecule has 0 spiro atoms. The van der Waals surface area contributed by atoms with Gasteiger partial charge in [0.15, 0.2) is 0 Å². The summed E-state index contributed by atoms with van der Waals surface area (Å²) >= 11 is 0. The van der Waals surface area contributed by atoms with Crippen LogP contribution in [0.1, 0.15) is 25.7 Å². The van der Waals surface area contributed by atoms with Crippen molar-refractivity contribution in [2.24, 2.45) is 5.92 Å². The van der Waals surface area contributed by atoms with Crippen molar-refractivity contribution in [1.29, 1.82) is 0 Å². The smallest absolute Gasteiger partial charge is 0.326 e. The minimum absolute atomic E-state index is 0.306. The number of amides is 1. The Morgan fingerprint density at radius 2 is 2.12 bits per heavy atom. The fourth-order valence-electron chi connectivity index (χ4n) is 1.72. The summed E-state index contributed by atoms with van der Waals surface area (Å²) in [5, 5.41) is 10.9. The zero-order chi connectivity index (χ0) is 12.8. The van der Waals surface area contributed by atoms with E-state index < -0.39 is 30.8 Å². The number of halogens is 2. The van der Waals surface area contributed by atoms with Crippen LogP contribution in [0.25, 0.3) is 0 Å². The van der Waals surface area contributed by atoms with Gasteiger partial charge in [0.25, 0.3) is 0 Å². The van der Waals surface area contributed by atoms with E-state index in [0.717, 1.165) is 6.42 Å². The molecule has 1 amide bonds. The van der Waals surface area contributed by atoms with Crippen molar-refractivity contribution in [1.82, 2.24) is 5.32 Å². The fraction of sp³-hybridized carbons (Fsp3) is 0.636. The van der Waals surface area contributed by atoms with Crippen LogP contribution in [0.5, 0.6) is 0 Å². The first-order chi connectivity index (χ1) is 8.00. The first kappa shape index (κ1) is 13.6. The molecule has 0 fully saturated rings. The van der Waals surface area contributed by atoms with Gasteiger partial charge in [-0.25, -0.2) is 13.6 Å². The van der Waals surface area contributed by atoms with E-state index in [-0.39, 0.29) is 5.92 Å². The van der Waals surface area contributed by atoms with Crippen LogP contribution in [0, 0.1) is 5.92 Å². The van der Waals surface area contributed by atoms with Crippen LogP contribution < -0.4 is 5.32 Å². The average Bonchev–Trinajstić information content (AvgIpc) is 2.28. The molecule has 0 saturated heterocycles. The highest BCUT2D eigenvalue weighted by Gasteiger charge is 2.27. The Kier molecular flexibility index (Phi) is 5.06. The van der Waals surface area contributed by atoms with Gasteiger partial charge in [-0.05, 0) is 19.3 Å². The number of carboxylic acid groups (broad SMARTS) is 1. The molecule has 0 saturated carbocycles. The van der Waals surface area contributed by atoms with Gasteiger partial charge in [0.2, 0.25) is 12.3 Å². The lowest BCUT2D eigenvalue weighted by Gasteiger charge is -2.20. The van der Waals surface area contributed by atoms with E-state index in [1.807, 2.05) is 12.2 Å². The lowest BCUT2D eigenvalue weighted by atomic mass is 9.93. The zero-order valence-corrected chi connectivity index (χ0v) is 9.23. The molecular formula is C11H15F2NO3. The molecule has 0 heterocycles. The molecule has 4 nitrogen and oxygen atoms in total. The largest absolute Gasteiger partial charge is 0.480 e. The third-order valence-corrected chi connectivity index (χ3v) is 2.67. The molecule has 0 aliphatic heterocycles. The van der Waals surface area contributed by atoms with E-state index >= 15 is 0 Å². The van der Waals surface area contributed by atoms with Crippen molar-refractivity contribution in [2.45, 2.75) is 38.2 Å². The summed E-state index contributed by atoms with van der Waals surface area (Å²) in [7, 11) is 0. The van der Waals surface area contributed by atoms with Crippen LogP contribution in [0.4, 0.5) is 8.78 Å². The van der Waals surface area contributed by atoms with E-state index in [9.17, 15) is 18.4 Å². The van der Waals surface area contributed by atoms with Crippen molar-refractivity contribution < 1.29 is 23.5 Å². The summed E-state index contributed by atoms with van der Waals surface area (Å²) in [6.45, 7) is 0. The summed E-state index contributed by atoms with van der Waals surface area (Å²) in [6.07, 6.45) is 2.10. The van der Waals surface area contributed by atoms with Gasteiger partial charge in [0.05, 0.1) is 0 Å². The van der Waals surface area contributed by atoms with Crippen LogP contribution in [0.3, 0.4) is 0 Å². The van der Waals surface area contributed by atoms with Gasteiger partial charge in [0.1, 0.15) is 6.04 Å². The lowest BCUT2D eigenvalue weighted by Crippen LogP contribution is -2.44. The Morgan fingerprint density at radius 3 is 2.59 bits per heavy atom. The topological polar surface area (TPSA) is 66.4 Å². The standard InChI is InChI=1S/C11H15F2NO3/c12-9(13)6-8(11(16)17)14-10(15)7-4-2-1-3-5-7/h1-2,7-9H,3-6H2,(H,14,15)(H,16,17). The van der Waals surface area contributed by atoms with E-state index in [1.165, 1.54) is 0 Å². The molecule has 17 heavy (non-hydrogen) atoms. The predicted octanol–water partition coefficient (Wildman–Crippen LogP) is 1.57. The van der Waals surface area contributed by atoms with E-state index in [2.05, 4.69) is 5.32 Å². The summed E-state index contributed by atoms with van der Waals surface area (Å²) in [6, 6.07) is -1.51. The van der Waals surface area contributed by atoms with Crippen LogP contribution in [-0.4, -0.2) is 29.5 Å². The number of carbonyl (C=O) groups is 2. The van der Waals surface area contributed by atoms with E-state index in [0.29, 0.717) is 12.8 Å². The molecule has 0 bridgehead atoms. The van der Waals surface area contributed by atoms with Crippen LogP contribution >= 0.6 is 0 Å². The normalized spacial score (nSPS) is 21.2. The molecule has 0 aromatic rings. The van der Waals surface area contributed by atoms with Gasteiger partial charge in [-0.2, -0.15) is 0 Å². The highest BCUT2D eigenvalue weighted by Crippen LogP contribution is 2.18. The Balaban J connectivity index is 2.51. The third kappa shape index (κ3) is 4.50. The summed E-state index contributed by atoms with van der Waals surface area (Å²) in [5.74, 6) is -2.19. The monoisotopic (exact) mass is 247 g/mol. The predicted molar refractivity (Wildman–Crippen MR) is 56.7 cm³/mol. The van der Waals surface area contributed by atoms with Crippen molar-refractivity contribution >= 4 is 11.9 Å². The molecule has 0 aromatic carbocycles. The maximum Gasteiger partial charge on any atom is 0.326 e. The summed E-state index contributed by atoms with van der Waals surface area (Å²) < 4.78 is 24.2. The number of rotatable bonds is 5. The highest BCUT2D eigenvalue weighted by molar-refractivity contribution is 5.85. The molecular weight excluding hydrogens is 232 g/mol. The van der Waals surface area contributed by atoms with Crippen molar-refractivity contribution in [3.05, 3.63) is 12.2 Å². The average molecular weight is 247 g/mol. The van der Waals surface area contributed by atoms with Crippen LogP contribution in [0.2, 0.25) is 0 Å². The molecule has 0 radical (unpaired) electrons. The molecule has 0 aromatic heterocycles. The van der Waals surface area contributed by atoms with Crippen LogP contribution in [0.15, 0.2) is 12.2 Å². The Labute approximate surface area is 97.7 Å². The van der Waals surface area contributed by atoms with Gasteiger partial charge in [-0.1, -0.05) is 12.2 Å². The number of allylic oxidation sites excluding steroid dienone is 2. The molecule has 2 N–H and O–H groups in total. The minimum atomic E-state index is -2.75. The van der Waals surface area contributed by atoms with E-state index in [4.69, 9.17) is 5.11 Å². The highest BCUT2D eigenvalue weighted by atomic mass is 19.3. The SMILES string of the molecule is O=C(NC(CC(F)F)C(=O)O)C1CC=CCC1. The Bertz CT molecular complexity index is 318. The molecule has 1 aliphatic carbocycles. The number of nitrogens with one attached hydrogen (secondary N) is 1. The Hall–Kier alpha value is -1.46. The van der Waals surface area contributed by atoms with Gasteiger partial charge >= 0.3 is 5.97 Å². The minimum Gasteiger partial charge on any atom is -0.480 e. The van der Waals surface area contributed by atoms with Gasteiger partial charge in [-0.3, -0.25) is 4.79 Å². The number of hydrogen-bond acceptors (Lipinski definition) is 2. The second-order valence-electron chi connectivity index (χ2n) is 4.01. The molecule has 96 valence electrons. The number of alkyl halides is 2. The number of hydrogen-bond donors (Lipinski definition) is 2. The number of carboxylic acids is 1. The Morgan fingerprint density at radius 1 is 1.41 bits per heavy atom. The first-order valence-electron chi connectivity index (χ1n) is 5.47. The molecule has 1 aliphatic rings. The lowest BCUT2D eigenvalue weighted by molar-refractivity contribution is -0.143. The molecule has 2 atom stereocenters. The second-order valence-corrected chi connectivity index (χ2v) is 4.01. The van der Waals surface area contributed by atoms with Crippen LogP contribution in [-0.2, 0) is 9.59 Å². The third-order valence-electron chi connectivity index (χ3n) is 2.67. The van der Waals surface area contributed by atoms with Gasteiger partial charge in [0, 0.05) is 12.3 Å². The number of carbonyl (C=O) groups excluding carboxylic acids is 1. The van der Waals surface area contributed by atoms with Crippen molar-refractivity contribution in [2.75, 3.05) is 0 Å². The fourth-order valence-corrected chi connectivity index (χ4v) is 1.72. The molecule has 1 rings (SSSR count). The zero-order valence-electron chi connectivity index (χ0n) is 9.23. The maximum absolute atomic E-state index is 12.1. The van der Waals surface area contributed by atoms with Crippen molar-refractivity contribution in [3.63, 3.8) is 0 Å². The number of aliphatic carboxylic acids is 1. The van der Waals surface area contributed by atoms with Gasteiger partial charge < -0.3 is 10.4 Å². The second kappa shape index (κ2) is 6.32. The van der Waals surface area contributed by atoms with E-state index in [1.54, 1.807) is 0 Å². The quantitative estimate of drug-likeness (QED) is 0.725. The molecule has 2 unspecified atom stereocenters. The summed E-state index contributed by atoms with van der Waals surface area (Å²) in [4.78, 5) is 22.3. The maximum atomic E-state index is 12.1. The molecule has 6 heteroatoms. The van der Waals surface area contributed by atoms with Crippen molar-refractivity contribution in [3.8, 4) is 0 Å². The van der Waals surface area contributed by atoms with Gasteiger partial charge in [-0.15, -0.1) is 0 Å². The summed E-state index contributed by atoms with van der Waals surface area (Å²) in [5.41, 5.74) is 0. The first-order valence-corrected chi connectivity index (χ1v) is 5.47.